The number of rotatable bonds is 11. The van der Waals surface area contributed by atoms with Crippen molar-refractivity contribution >= 4 is 23.5 Å². The van der Waals surface area contributed by atoms with Gasteiger partial charge in [-0.25, -0.2) is 0 Å². The van der Waals surface area contributed by atoms with Gasteiger partial charge in [-0.05, 0) is 69.2 Å². The summed E-state index contributed by atoms with van der Waals surface area (Å²) in [5.41, 5.74) is 1.43. The van der Waals surface area contributed by atoms with Crippen molar-refractivity contribution in [2.24, 2.45) is 11.8 Å². The maximum Gasteiger partial charge on any atom is 0.286 e. The summed E-state index contributed by atoms with van der Waals surface area (Å²) in [7, 11) is 0. The van der Waals surface area contributed by atoms with Crippen molar-refractivity contribution in [1.82, 2.24) is 30.7 Å². The SMILES string of the molecule is Cc1ccc(C(C)(C)c2nnc(C(=O)[C@@H](NC(=O)[C@@H]3CCCN3C(=O)[C@@H](NC(=O)c3ccccc3)C(C)C)C(C)C)o2)nc1. The molecule has 0 unspecified atom stereocenters. The third kappa shape index (κ3) is 7.03. The second-order valence-electron chi connectivity index (χ2n) is 12.6. The highest BCUT2D eigenvalue weighted by Crippen LogP contribution is 2.29. The van der Waals surface area contributed by atoms with Crippen LogP contribution < -0.4 is 10.6 Å². The summed E-state index contributed by atoms with van der Waals surface area (Å²) in [4.78, 5) is 59.7. The minimum Gasteiger partial charge on any atom is -0.417 e. The molecule has 4 rings (SSSR count). The van der Waals surface area contributed by atoms with Gasteiger partial charge in [-0.15, -0.1) is 10.2 Å². The maximum atomic E-state index is 13.7. The highest BCUT2D eigenvalue weighted by atomic mass is 16.4. The normalized spacial score (nSPS) is 16.6. The summed E-state index contributed by atoms with van der Waals surface area (Å²) >= 11 is 0. The third-order valence-electron chi connectivity index (χ3n) is 8.06. The van der Waals surface area contributed by atoms with E-state index in [1.165, 1.54) is 4.90 Å². The molecule has 0 aliphatic carbocycles. The van der Waals surface area contributed by atoms with Crippen LogP contribution in [0.2, 0.25) is 0 Å². The lowest BCUT2D eigenvalue weighted by molar-refractivity contribution is -0.140. The number of carbonyl (C=O) groups excluding carboxylic acids is 4. The number of carbonyl (C=O) groups is 4. The predicted molar refractivity (Wildman–Crippen MR) is 164 cm³/mol. The third-order valence-corrected chi connectivity index (χ3v) is 8.06. The summed E-state index contributed by atoms with van der Waals surface area (Å²) < 4.78 is 5.86. The van der Waals surface area contributed by atoms with Crippen LogP contribution >= 0.6 is 0 Å². The summed E-state index contributed by atoms with van der Waals surface area (Å²) in [6.45, 7) is 13.4. The lowest BCUT2D eigenvalue weighted by Crippen LogP contribution is -2.57. The van der Waals surface area contributed by atoms with Crippen LogP contribution in [0.4, 0.5) is 0 Å². The molecule has 234 valence electrons. The molecule has 3 atom stereocenters. The van der Waals surface area contributed by atoms with Crippen LogP contribution in [0.5, 0.6) is 0 Å². The molecule has 3 heterocycles. The number of likely N-dealkylation sites (tertiary alicyclic amines) is 1. The van der Waals surface area contributed by atoms with Crippen molar-refractivity contribution in [3.8, 4) is 0 Å². The fraction of sp³-hybridized carbons (Fsp3) is 0.485. The van der Waals surface area contributed by atoms with E-state index in [0.717, 1.165) is 5.56 Å². The lowest BCUT2D eigenvalue weighted by Gasteiger charge is -2.31. The van der Waals surface area contributed by atoms with Gasteiger partial charge in [0, 0.05) is 18.3 Å². The molecule has 1 aromatic carbocycles. The van der Waals surface area contributed by atoms with Gasteiger partial charge in [0.2, 0.25) is 23.5 Å². The van der Waals surface area contributed by atoms with E-state index in [4.69, 9.17) is 4.42 Å². The van der Waals surface area contributed by atoms with Gasteiger partial charge in [0.15, 0.2) is 0 Å². The van der Waals surface area contributed by atoms with E-state index in [1.807, 2.05) is 66.7 Å². The van der Waals surface area contributed by atoms with Crippen molar-refractivity contribution in [2.75, 3.05) is 6.54 Å². The predicted octanol–water partition coefficient (Wildman–Crippen LogP) is 3.87. The zero-order valence-electron chi connectivity index (χ0n) is 26.5. The molecule has 2 N–H and O–H groups in total. The Bertz CT molecular complexity index is 1480. The molecule has 0 spiro atoms. The van der Waals surface area contributed by atoms with Crippen molar-refractivity contribution in [1.29, 1.82) is 0 Å². The minimum atomic E-state index is -0.951. The Balaban J connectivity index is 1.48. The van der Waals surface area contributed by atoms with Gasteiger partial charge in [-0.2, -0.15) is 0 Å². The van der Waals surface area contributed by atoms with Crippen LogP contribution in [0.15, 0.2) is 53.1 Å². The van der Waals surface area contributed by atoms with Gasteiger partial charge < -0.3 is 20.0 Å². The Labute approximate surface area is 258 Å². The molecule has 3 amide bonds. The number of benzene rings is 1. The second-order valence-corrected chi connectivity index (χ2v) is 12.6. The Hall–Kier alpha value is -4.41. The van der Waals surface area contributed by atoms with Gasteiger partial charge in [0.25, 0.3) is 11.8 Å². The van der Waals surface area contributed by atoms with Crippen LogP contribution in [0, 0.1) is 18.8 Å². The molecule has 11 heteroatoms. The van der Waals surface area contributed by atoms with Gasteiger partial charge in [0.1, 0.15) is 12.1 Å². The molecule has 3 aromatic rings. The summed E-state index contributed by atoms with van der Waals surface area (Å²) in [5.74, 6) is -2.12. The van der Waals surface area contributed by atoms with E-state index in [2.05, 4.69) is 25.8 Å². The van der Waals surface area contributed by atoms with Crippen molar-refractivity contribution in [3.63, 3.8) is 0 Å². The molecular weight excluding hydrogens is 560 g/mol. The van der Waals surface area contributed by atoms with E-state index >= 15 is 0 Å². The molecule has 11 nitrogen and oxygen atoms in total. The quantitative estimate of drug-likeness (QED) is 0.315. The number of aryl methyl sites for hydroxylation is 1. The zero-order valence-corrected chi connectivity index (χ0v) is 26.5. The van der Waals surface area contributed by atoms with E-state index in [-0.39, 0.29) is 35.4 Å². The minimum absolute atomic E-state index is 0.206. The van der Waals surface area contributed by atoms with E-state index in [9.17, 15) is 19.2 Å². The number of hydrogen-bond donors (Lipinski definition) is 2. The first-order valence-electron chi connectivity index (χ1n) is 15.1. The first-order valence-corrected chi connectivity index (χ1v) is 15.1. The van der Waals surface area contributed by atoms with Crippen LogP contribution in [-0.2, 0) is 15.0 Å². The number of amides is 3. The number of nitrogens with zero attached hydrogens (tertiary/aromatic N) is 4. The maximum absolute atomic E-state index is 13.7. The molecule has 44 heavy (non-hydrogen) atoms. The summed E-state index contributed by atoms with van der Waals surface area (Å²) in [5, 5.41) is 13.9. The number of pyridine rings is 1. The molecule has 0 radical (unpaired) electrons. The summed E-state index contributed by atoms with van der Waals surface area (Å²) in [6, 6.07) is 9.95. The van der Waals surface area contributed by atoms with Crippen molar-refractivity contribution in [2.45, 2.75) is 84.8 Å². The Morgan fingerprint density at radius 1 is 0.932 bits per heavy atom. The number of hydrogen-bond acceptors (Lipinski definition) is 8. The lowest BCUT2D eigenvalue weighted by atomic mass is 9.88. The molecule has 1 aliphatic heterocycles. The first-order chi connectivity index (χ1) is 20.8. The van der Waals surface area contributed by atoms with E-state index < -0.39 is 35.2 Å². The molecule has 0 bridgehead atoms. The first kappa shape index (κ1) is 32.5. The van der Waals surface area contributed by atoms with Crippen molar-refractivity contribution in [3.05, 3.63) is 77.3 Å². The van der Waals surface area contributed by atoms with E-state index in [0.29, 0.717) is 30.6 Å². The largest absolute Gasteiger partial charge is 0.417 e. The number of ketones is 1. The monoisotopic (exact) mass is 602 g/mol. The van der Waals surface area contributed by atoms with Gasteiger partial charge in [0.05, 0.1) is 17.2 Å². The fourth-order valence-electron chi connectivity index (χ4n) is 5.25. The Morgan fingerprint density at radius 2 is 1.61 bits per heavy atom. The van der Waals surface area contributed by atoms with Crippen LogP contribution in [0.25, 0.3) is 0 Å². The average Bonchev–Trinajstić information content (AvgIpc) is 3.69. The van der Waals surface area contributed by atoms with Gasteiger partial charge >= 0.3 is 0 Å². The zero-order chi connectivity index (χ0) is 32.2. The number of nitrogens with one attached hydrogen (secondary N) is 2. The molecule has 0 saturated carbocycles. The van der Waals surface area contributed by atoms with Gasteiger partial charge in [-0.3, -0.25) is 24.2 Å². The van der Waals surface area contributed by atoms with Gasteiger partial charge in [-0.1, -0.05) is 52.0 Å². The van der Waals surface area contributed by atoms with Crippen LogP contribution in [-0.4, -0.2) is 68.3 Å². The van der Waals surface area contributed by atoms with Crippen molar-refractivity contribution < 1.29 is 23.6 Å². The average molecular weight is 603 g/mol. The number of aromatic nitrogens is 3. The Morgan fingerprint density at radius 3 is 2.23 bits per heavy atom. The molecular formula is C33H42N6O5. The number of Topliss-reactive ketones (excluding diaryl/α,β-unsaturated/α-hetero) is 1. The smallest absolute Gasteiger partial charge is 0.286 e. The van der Waals surface area contributed by atoms with E-state index in [1.54, 1.807) is 30.5 Å². The summed E-state index contributed by atoms with van der Waals surface area (Å²) in [6.07, 6.45) is 2.81. The Kier molecular flexibility index (Phi) is 9.96. The molecule has 1 aliphatic rings. The molecule has 1 fully saturated rings. The molecule has 2 aromatic heterocycles. The highest BCUT2D eigenvalue weighted by molar-refractivity contribution is 6.01. The molecule has 1 saturated heterocycles. The topological polar surface area (TPSA) is 147 Å². The van der Waals surface area contributed by atoms with Crippen LogP contribution in [0.1, 0.15) is 92.6 Å². The second kappa shape index (κ2) is 13.5. The fourth-order valence-corrected chi connectivity index (χ4v) is 5.25. The standard InChI is InChI=1S/C33H42N6O5/c1-19(2)25(27(40)30-37-38-32(44-30)33(6,7)24-16-15-21(5)18-34-24)35-29(42)23-14-11-17-39(23)31(43)26(20(3)4)36-28(41)22-12-9-8-10-13-22/h8-10,12-13,15-16,18-20,23,25-26H,11,14,17H2,1-7H3,(H,35,42)(H,36,41)/t23-,25-,26-/m0/s1. The van der Waals surface area contributed by atoms with Crippen LogP contribution in [0.3, 0.4) is 0 Å². The highest BCUT2D eigenvalue weighted by Gasteiger charge is 2.41.